The number of hydrogen-bond acceptors (Lipinski definition) is 6. The molecule has 0 N–H and O–H groups in total. The third-order valence-corrected chi connectivity index (χ3v) is 3.25. The minimum absolute atomic E-state index is 0.0862. The molecule has 1 amide bonds. The number of methoxy groups -OCH3 is 1. The van der Waals surface area contributed by atoms with E-state index in [9.17, 15) is 9.59 Å². The molecule has 1 fully saturated rings. The van der Waals surface area contributed by atoms with Crippen LogP contribution in [0.25, 0.3) is 0 Å². The fourth-order valence-electron chi connectivity index (χ4n) is 1.44. The Kier molecular flexibility index (Phi) is 3.75. The highest BCUT2D eigenvalue weighted by Crippen LogP contribution is 2.26. The number of carbonyl (C=O) groups is 1. The van der Waals surface area contributed by atoms with E-state index in [0.717, 1.165) is 24.2 Å². The average molecular weight is 270 g/mol. The van der Waals surface area contributed by atoms with E-state index < -0.39 is 0 Å². The Morgan fingerprint density at radius 2 is 2.44 bits per heavy atom. The quantitative estimate of drug-likeness (QED) is 0.570. The molecule has 0 spiro atoms. The first kappa shape index (κ1) is 12.7. The summed E-state index contributed by atoms with van der Waals surface area (Å²) in [6.07, 6.45) is 3.49. The van der Waals surface area contributed by atoms with Gasteiger partial charge in [0.15, 0.2) is 0 Å². The second-order valence-electron chi connectivity index (χ2n) is 3.91. The van der Waals surface area contributed by atoms with Crippen LogP contribution >= 0.6 is 11.3 Å². The highest BCUT2D eigenvalue weighted by Gasteiger charge is 2.30. The van der Waals surface area contributed by atoms with Crippen molar-refractivity contribution in [3.05, 3.63) is 9.67 Å². The summed E-state index contributed by atoms with van der Waals surface area (Å²) >= 11 is 0.930. The highest BCUT2D eigenvalue weighted by molar-refractivity contribution is 7.10. The molecule has 18 heavy (non-hydrogen) atoms. The maximum Gasteiger partial charge on any atom is 0.328 e. The molecule has 0 aromatic carbocycles. The second-order valence-corrected chi connectivity index (χ2v) is 4.82. The van der Waals surface area contributed by atoms with Gasteiger partial charge in [-0.1, -0.05) is 0 Å². The standard InChI is InChI=1S/C10H14N4O3S/c1-7(15)14(8-3-4-8)11-5-6-13-10(16)18-9(12-13)17-2/h5,8H,3-4,6H2,1-2H3. The van der Waals surface area contributed by atoms with Crippen LogP contribution in [-0.2, 0) is 11.3 Å². The van der Waals surface area contributed by atoms with Crippen LogP contribution in [0.3, 0.4) is 0 Å². The van der Waals surface area contributed by atoms with Crippen molar-refractivity contribution >= 4 is 23.5 Å². The Morgan fingerprint density at radius 3 is 2.94 bits per heavy atom. The second kappa shape index (κ2) is 5.30. The first-order valence-electron chi connectivity index (χ1n) is 5.56. The van der Waals surface area contributed by atoms with E-state index >= 15 is 0 Å². The Balaban J connectivity index is 1.99. The number of aromatic nitrogens is 2. The number of amides is 1. The Morgan fingerprint density at radius 1 is 1.72 bits per heavy atom. The smallest absolute Gasteiger partial charge is 0.328 e. The van der Waals surface area contributed by atoms with E-state index in [1.54, 1.807) is 0 Å². The van der Waals surface area contributed by atoms with Gasteiger partial charge in [-0.15, -0.1) is 5.10 Å². The van der Waals surface area contributed by atoms with Gasteiger partial charge < -0.3 is 4.74 Å². The molecule has 1 aliphatic carbocycles. The summed E-state index contributed by atoms with van der Waals surface area (Å²) in [5, 5.41) is 9.79. The molecule has 8 heteroatoms. The zero-order valence-corrected chi connectivity index (χ0v) is 11.0. The predicted molar refractivity (Wildman–Crippen MR) is 67.0 cm³/mol. The number of carbonyl (C=O) groups excluding carboxylic acids is 1. The van der Waals surface area contributed by atoms with Crippen LogP contribution < -0.4 is 9.61 Å². The Hall–Kier alpha value is -1.70. The number of hydrazone groups is 1. The van der Waals surface area contributed by atoms with Crippen LogP contribution in [-0.4, -0.2) is 40.1 Å². The third kappa shape index (κ3) is 2.95. The van der Waals surface area contributed by atoms with E-state index in [2.05, 4.69) is 10.2 Å². The van der Waals surface area contributed by atoms with Crippen molar-refractivity contribution in [1.29, 1.82) is 0 Å². The van der Waals surface area contributed by atoms with Gasteiger partial charge in [0.2, 0.25) is 5.91 Å². The lowest BCUT2D eigenvalue weighted by atomic mass is 10.6. The van der Waals surface area contributed by atoms with Gasteiger partial charge in [0.1, 0.15) is 0 Å². The molecule has 1 aliphatic rings. The van der Waals surface area contributed by atoms with Gasteiger partial charge in [0.25, 0.3) is 5.19 Å². The topological polar surface area (TPSA) is 76.8 Å². The summed E-state index contributed by atoms with van der Waals surface area (Å²) in [4.78, 5) is 22.5. The number of ether oxygens (including phenoxy) is 1. The lowest BCUT2D eigenvalue weighted by Gasteiger charge is -2.12. The Labute approximate surface area is 108 Å². The van der Waals surface area contributed by atoms with E-state index in [1.807, 2.05) is 0 Å². The molecule has 0 radical (unpaired) electrons. The molecule has 98 valence electrons. The van der Waals surface area contributed by atoms with E-state index in [0.29, 0.717) is 5.19 Å². The lowest BCUT2D eigenvalue weighted by molar-refractivity contribution is -0.129. The maximum atomic E-state index is 11.5. The average Bonchev–Trinajstić information content (AvgIpc) is 3.09. The SMILES string of the molecule is COc1nn(CC=NN(C(C)=O)C2CC2)c(=O)s1. The fourth-order valence-corrected chi connectivity index (χ4v) is 2.03. The van der Waals surface area contributed by atoms with Crippen molar-refractivity contribution in [3.63, 3.8) is 0 Å². The molecule has 7 nitrogen and oxygen atoms in total. The summed E-state index contributed by atoms with van der Waals surface area (Å²) in [7, 11) is 1.46. The molecule has 1 saturated carbocycles. The number of rotatable bonds is 5. The van der Waals surface area contributed by atoms with E-state index in [4.69, 9.17) is 4.74 Å². The molecular weight excluding hydrogens is 256 g/mol. The van der Waals surface area contributed by atoms with Crippen molar-refractivity contribution < 1.29 is 9.53 Å². The molecule has 0 saturated heterocycles. The number of nitrogens with zero attached hydrogens (tertiary/aromatic N) is 4. The van der Waals surface area contributed by atoms with Gasteiger partial charge in [-0.25, -0.2) is 9.69 Å². The van der Waals surface area contributed by atoms with E-state index in [1.165, 1.54) is 29.9 Å². The molecule has 1 heterocycles. The predicted octanol–water partition coefficient (Wildman–Crippen LogP) is 0.310. The van der Waals surface area contributed by atoms with Gasteiger partial charge in [0.05, 0.1) is 19.7 Å². The summed E-state index contributed by atoms with van der Waals surface area (Å²) < 4.78 is 6.12. The van der Waals surface area contributed by atoms with Crippen molar-refractivity contribution in [1.82, 2.24) is 14.8 Å². The highest BCUT2D eigenvalue weighted by atomic mass is 32.1. The summed E-state index contributed by atoms with van der Waals surface area (Å²) in [6.45, 7) is 1.71. The maximum absolute atomic E-state index is 11.5. The zero-order chi connectivity index (χ0) is 13.1. The fraction of sp³-hybridized carbons (Fsp3) is 0.600. The molecule has 1 aromatic rings. The van der Waals surface area contributed by atoms with Gasteiger partial charge in [-0.05, 0) is 24.2 Å². The van der Waals surface area contributed by atoms with Crippen LogP contribution in [0.2, 0.25) is 0 Å². The third-order valence-electron chi connectivity index (χ3n) is 2.44. The molecule has 1 aromatic heterocycles. The summed E-state index contributed by atoms with van der Waals surface area (Å²) in [5.74, 6) is -0.0862. The normalized spacial score (nSPS) is 15.0. The van der Waals surface area contributed by atoms with Crippen molar-refractivity contribution in [2.75, 3.05) is 7.11 Å². The van der Waals surface area contributed by atoms with Crippen LogP contribution in [0.15, 0.2) is 9.90 Å². The van der Waals surface area contributed by atoms with Gasteiger partial charge in [0, 0.05) is 13.1 Å². The number of hydrogen-bond donors (Lipinski definition) is 0. The first-order chi connectivity index (χ1) is 8.61. The van der Waals surface area contributed by atoms with Gasteiger partial charge in [-0.2, -0.15) is 5.10 Å². The van der Waals surface area contributed by atoms with Crippen LogP contribution in [0, 0.1) is 0 Å². The Bertz CT molecular complexity index is 517. The molecule has 0 unspecified atom stereocenters. The van der Waals surface area contributed by atoms with Gasteiger partial charge in [-0.3, -0.25) is 9.59 Å². The monoisotopic (exact) mass is 270 g/mol. The van der Waals surface area contributed by atoms with E-state index in [-0.39, 0.29) is 23.4 Å². The molecule has 0 aliphatic heterocycles. The minimum atomic E-state index is -0.209. The van der Waals surface area contributed by atoms with Crippen molar-refractivity contribution in [2.24, 2.45) is 5.10 Å². The van der Waals surface area contributed by atoms with Crippen molar-refractivity contribution in [3.8, 4) is 5.19 Å². The summed E-state index contributed by atoms with van der Waals surface area (Å²) in [6, 6.07) is 0.223. The summed E-state index contributed by atoms with van der Waals surface area (Å²) in [5.41, 5.74) is 0. The van der Waals surface area contributed by atoms with Gasteiger partial charge >= 0.3 is 4.87 Å². The zero-order valence-electron chi connectivity index (χ0n) is 10.2. The van der Waals surface area contributed by atoms with Crippen LogP contribution in [0.4, 0.5) is 0 Å². The molecular formula is C10H14N4O3S. The van der Waals surface area contributed by atoms with Crippen LogP contribution in [0.1, 0.15) is 19.8 Å². The minimum Gasteiger partial charge on any atom is -0.472 e. The first-order valence-corrected chi connectivity index (χ1v) is 6.37. The van der Waals surface area contributed by atoms with Crippen LogP contribution in [0.5, 0.6) is 5.19 Å². The molecule has 0 atom stereocenters. The molecule has 2 rings (SSSR count). The largest absolute Gasteiger partial charge is 0.472 e. The lowest BCUT2D eigenvalue weighted by Crippen LogP contribution is -2.26. The molecule has 0 bridgehead atoms. The van der Waals surface area contributed by atoms with Crippen molar-refractivity contribution in [2.45, 2.75) is 32.4 Å².